The first kappa shape index (κ1) is 17.1. The summed E-state index contributed by atoms with van der Waals surface area (Å²) < 4.78 is 0. The van der Waals surface area contributed by atoms with Crippen LogP contribution in [0.15, 0.2) is 18.2 Å². The van der Waals surface area contributed by atoms with Crippen molar-refractivity contribution in [1.82, 2.24) is 10.2 Å². The predicted octanol–water partition coefficient (Wildman–Crippen LogP) is 2.06. The van der Waals surface area contributed by atoms with E-state index in [2.05, 4.69) is 5.32 Å². The van der Waals surface area contributed by atoms with E-state index < -0.39 is 6.04 Å². The van der Waals surface area contributed by atoms with Gasteiger partial charge in [-0.05, 0) is 44.0 Å². The average Bonchev–Trinajstić information content (AvgIpc) is 2.95. The second-order valence-electron chi connectivity index (χ2n) is 5.25. The Balaban J connectivity index is 2.09. The molecule has 120 valence electrons. The van der Waals surface area contributed by atoms with Crippen LogP contribution < -0.4 is 11.1 Å². The number of nitrogens with one attached hydrogen (secondary N) is 1. The van der Waals surface area contributed by atoms with Crippen LogP contribution in [0.25, 0.3) is 0 Å². The Morgan fingerprint density at radius 3 is 2.59 bits per heavy atom. The van der Waals surface area contributed by atoms with Gasteiger partial charge in [0.25, 0.3) is 5.91 Å². The number of halogens is 2. The minimum atomic E-state index is -0.442. The van der Waals surface area contributed by atoms with Gasteiger partial charge in [-0.25, -0.2) is 0 Å². The zero-order valence-electron chi connectivity index (χ0n) is 12.1. The molecule has 1 aliphatic heterocycles. The van der Waals surface area contributed by atoms with Gasteiger partial charge in [0.2, 0.25) is 5.91 Å². The van der Waals surface area contributed by atoms with E-state index in [0.29, 0.717) is 41.7 Å². The van der Waals surface area contributed by atoms with Crippen LogP contribution in [0.2, 0.25) is 10.0 Å². The number of carbonyl (C=O) groups excluding carboxylic acids is 2. The second kappa shape index (κ2) is 7.81. The fraction of sp³-hybridized carbons (Fsp3) is 0.467. The lowest BCUT2D eigenvalue weighted by Gasteiger charge is -2.24. The highest BCUT2D eigenvalue weighted by atomic mass is 35.5. The van der Waals surface area contributed by atoms with Crippen molar-refractivity contribution in [3.8, 4) is 0 Å². The first-order chi connectivity index (χ1) is 10.5. The Morgan fingerprint density at radius 1 is 1.27 bits per heavy atom. The van der Waals surface area contributed by atoms with Gasteiger partial charge in [0.1, 0.15) is 6.04 Å². The molecule has 0 spiro atoms. The maximum absolute atomic E-state index is 12.6. The van der Waals surface area contributed by atoms with E-state index in [-0.39, 0.29) is 11.8 Å². The molecule has 0 bridgehead atoms. The maximum atomic E-state index is 12.6. The molecule has 0 aromatic heterocycles. The molecule has 3 N–H and O–H groups in total. The molecule has 7 heteroatoms. The van der Waals surface area contributed by atoms with Crippen LogP contribution in [0.3, 0.4) is 0 Å². The van der Waals surface area contributed by atoms with Crippen LogP contribution in [-0.2, 0) is 4.79 Å². The number of rotatable bonds is 5. The normalized spacial score (nSPS) is 17.6. The molecule has 1 unspecified atom stereocenters. The number of benzene rings is 1. The third kappa shape index (κ3) is 4.12. The van der Waals surface area contributed by atoms with Crippen molar-refractivity contribution in [1.29, 1.82) is 0 Å². The van der Waals surface area contributed by atoms with Crippen LogP contribution in [0.4, 0.5) is 0 Å². The Labute approximate surface area is 139 Å². The van der Waals surface area contributed by atoms with Crippen LogP contribution in [-0.4, -0.2) is 42.4 Å². The topological polar surface area (TPSA) is 75.4 Å². The standard InChI is InChI=1S/C15H19Cl2N3O2/c16-11-7-10(8-12(17)9-11)15(22)20-6-1-3-13(20)14(21)19-5-2-4-18/h7-9,13H,1-6,18H2,(H,19,21). The summed E-state index contributed by atoms with van der Waals surface area (Å²) >= 11 is 11.9. The van der Waals surface area contributed by atoms with Crippen molar-refractivity contribution in [2.75, 3.05) is 19.6 Å². The van der Waals surface area contributed by atoms with E-state index in [0.717, 1.165) is 12.8 Å². The molecule has 1 aromatic carbocycles. The quantitative estimate of drug-likeness (QED) is 0.803. The van der Waals surface area contributed by atoms with Gasteiger partial charge >= 0.3 is 0 Å². The summed E-state index contributed by atoms with van der Waals surface area (Å²) in [6, 6.07) is 4.26. The molecule has 2 amide bonds. The van der Waals surface area contributed by atoms with Crippen molar-refractivity contribution in [2.45, 2.75) is 25.3 Å². The molecular formula is C15H19Cl2N3O2. The van der Waals surface area contributed by atoms with E-state index in [4.69, 9.17) is 28.9 Å². The highest BCUT2D eigenvalue weighted by Gasteiger charge is 2.34. The van der Waals surface area contributed by atoms with Gasteiger partial charge in [-0.15, -0.1) is 0 Å². The van der Waals surface area contributed by atoms with Crippen LogP contribution in [0.1, 0.15) is 29.6 Å². The maximum Gasteiger partial charge on any atom is 0.254 e. The van der Waals surface area contributed by atoms with Crippen LogP contribution in [0, 0.1) is 0 Å². The van der Waals surface area contributed by atoms with Crippen molar-refractivity contribution in [3.63, 3.8) is 0 Å². The average molecular weight is 344 g/mol. The van der Waals surface area contributed by atoms with Gasteiger partial charge < -0.3 is 16.0 Å². The molecule has 2 rings (SSSR count). The first-order valence-corrected chi connectivity index (χ1v) is 8.03. The molecule has 1 heterocycles. The Bertz CT molecular complexity index is 545. The Kier molecular flexibility index (Phi) is 6.06. The molecule has 1 fully saturated rings. The molecule has 1 atom stereocenters. The summed E-state index contributed by atoms with van der Waals surface area (Å²) in [6.45, 7) is 1.60. The van der Waals surface area contributed by atoms with Crippen molar-refractivity contribution in [2.24, 2.45) is 5.73 Å². The fourth-order valence-electron chi connectivity index (χ4n) is 2.56. The Morgan fingerprint density at radius 2 is 1.95 bits per heavy atom. The third-order valence-corrected chi connectivity index (χ3v) is 4.04. The number of amides is 2. The van der Waals surface area contributed by atoms with Gasteiger partial charge in [-0.1, -0.05) is 23.2 Å². The smallest absolute Gasteiger partial charge is 0.254 e. The second-order valence-corrected chi connectivity index (χ2v) is 6.12. The number of likely N-dealkylation sites (tertiary alicyclic amines) is 1. The number of nitrogens with zero attached hydrogens (tertiary/aromatic N) is 1. The summed E-state index contributed by atoms with van der Waals surface area (Å²) in [6.07, 6.45) is 2.18. The number of hydrogen-bond acceptors (Lipinski definition) is 3. The lowest BCUT2D eigenvalue weighted by atomic mass is 10.1. The summed E-state index contributed by atoms with van der Waals surface area (Å²) in [7, 11) is 0. The van der Waals surface area contributed by atoms with Gasteiger partial charge in [0.05, 0.1) is 0 Å². The number of hydrogen-bond donors (Lipinski definition) is 2. The Hall–Kier alpha value is -1.30. The largest absolute Gasteiger partial charge is 0.354 e. The molecular weight excluding hydrogens is 325 g/mol. The number of carbonyl (C=O) groups is 2. The van der Waals surface area contributed by atoms with Crippen molar-refractivity contribution in [3.05, 3.63) is 33.8 Å². The minimum absolute atomic E-state index is 0.132. The number of nitrogens with two attached hydrogens (primary N) is 1. The molecule has 0 saturated carbocycles. The molecule has 0 radical (unpaired) electrons. The van der Waals surface area contributed by atoms with Crippen molar-refractivity contribution >= 4 is 35.0 Å². The van der Waals surface area contributed by atoms with Gasteiger partial charge in [-0.3, -0.25) is 9.59 Å². The molecule has 1 aromatic rings. The zero-order valence-corrected chi connectivity index (χ0v) is 13.7. The summed E-state index contributed by atoms with van der Waals surface area (Å²) in [5.74, 6) is -0.353. The highest BCUT2D eigenvalue weighted by Crippen LogP contribution is 2.24. The summed E-state index contributed by atoms with van der Waals surface area (Å²) in [5.41, 5.74) is 5.81. The first-order valence-electron chi connectivity index (χ1n) is 7.28. The lowest BCUT2D eigenvalue weighted by Crippen LogP contribution is -2.46. The zero-order chi connectivity index (χ0) is 16.1. The minimum Gasteiger partial charge on any atom is -0.354 e. The summed E-state index contributed by atoms with van der Waals surface area (Å²) in [5, 5.41) is 3.62. The van der Waals surface area contributed by atoms with E-state index in [1.54, 1.807) is 23.1 Å². The molecule has 0 aliphatic carbocycles. The van der Waals surface area contributed by atoms with E-state index in [1.165, 1.54) is 0 Å². The summed E-state index contributed by atoms with van der Waals surface area (Å²) in [4.78, 5) is 26.4. The molecule has 1 saturated heterocycles. The van der Waals surface area contributed by atoms with E-state index in [9.17, 15) is 9.59 Å². The van der Waals surface area contributed by atoms with E-state index in [1.807, 2.05) is 0 Å². The highest BCUT2D eigenvalue weighted by molar-refractivity contribution is 6.35. The van der Waals surface area contributed by atoms with Crippen LogP contribution in [0.5, 0.6) is 0 Å². The van der Waals surface area contributed by atoms with Crippen LogP contribution >= 0.6 is 23.2 Å². The fourth-order valence-corrected chi connectivity index (χ4v) is 3.08. The van der Waals surface area contributed by atoms with Crippen molar-refractivity contribution < 1.29 is 9.59 Å². The van der Waals surface area contributed by atoms with Gasteiger partial charge in [0.15, 0.2) is 0 Å². The molecule has 5 nitrogen and oxygen atoms in total. The van der Waals surface area contributed by atoms with Gasteiger partial charge in [0, 0.05) is 28.7 Å². The SMILES string of the molecule is NCCCNC(=O)C1CCCN1C(=O)c1cc(Cl)cc(Cl)c1. The molecule has 1 aliphatic rings. The van der Waals surface area contributed by atoms with Gasteiger partial charge in [-0.2, -0.15) is 0 Å². The monoisotopic (exact) mass is 343 g/mol. The predicted molar refractivity (Wildman–Crippen MR) is 87.2 cm³/mol. The van der Waals surface area contributed by atoms with E-state index >= 15 is 0 Å². The third-order valence-electron chi connectivity index (χ3n) is 3.61. The molecule has 22 heavy (non-hydrogen) atoms. The lowest BCUT2D eigenvalue weighted by molar-refractivity contribution is -0.124.